The molecule has 9 heteroatoms. The zero-order valence-electron chi connectivity index (χ0n) is 10.6. The minimum atomic E-state index is -3.26. The summed E-state index contributed by atoms with van der Waals surface area (Å²) in [4.78, 5) is 12.4. The Balaban J connectivity index is 2.14. The van der Waals surface area contributed by atoms with Gasteiger partial charge in [-0.2, -0.15) is 4.31 Å². The van der Waals surface area contributed by atoms with Crippen LogP contribution in [0.25, 0.3) is 0 Å². The van der Waals surface area contributed by atoms with Gasteiger partial charge in [0.15, 0.2) is 0 Å². The zero-order chi connectivity index (χ0) is 14.8. The number of sulfonamides is 1. The van der Waals surface area contributed by atoms with E-state index in [9.17, 15) is 18.5 Å². The van der Waals surface area contributed by atoms with Gasteiger partial charge in [0.25, 0.3) is 5.69 Å². The standard InChI is InChI=1S/C11H14BrN3O4S/c12-9-20(18,19)14-7-5-13(6-8-14)10-3-1-2-4-11(10)15(16)17/h1-4H,5-9H2. The molecule has 0 atom stereocenters. The second-order valence-electron chi connectivity index (χ2n) is 4.35. The molecule has 1 aromatic rings. The SMILES string of the molecule is O=[N+]([O-])c1ccccc1N1CCN(S(=O)(=O)CBr)CC1. The van der Waals surface area contributed by atoms with E-state index in [1.165, 1.54) is 10.4 Å². The molecule has 0 spiro atoms. The first-order chi connectivity index (χ1) is 9.45. The smallest absolute Gasteiger partial charge is 0.292 e. The molecule has 1 aliphatic heterocycles. The van der Waals surface area contributed by atoms with E-state index in [-0.39, 0.29) is 10.3 Å². The fourth-order valence-corrected chi connectivity index (χ4v) is 3.89. The molecular weight excluding hydrogens is 350 g/mol. The number of hydrogen-bond acceptors (Lipinski definition) is 5. The molecule has 0 amide bonds. The van der Waals surface area contributed by atoms with E-state index >= 15 is 0 Å². The molecule has 1 heterocycles. The molecule has 7 nitrogen and oxygen atoms in total. The maximum Gasteiger partial charge on any atom is 0.292 e. The van der Waals surface area contributed by atoms with E-state index in [1.54, 1.807) is 18.2 Å². The molecule has 2 rings (SSSR count). The second kappa shape index (κ2) is 6.06. The molecule has 1 saturated heterocycles. The predicted octanol–water partition coefficient (Wildman–Crippen LogP) is 1.40. The summed E-state index contributed by atoms with van der Waals surface area (Å²) in [5, 5.41) is 11.0. The largest absolute Gasteiger partial charge is 0.363 e. The highest BCUT2D eigenvalue weighted by Gasteiger charge is 2.28. The van der Waals surface area contributed by atoms with Crippen molar-refractivity contribution < 1.29 is 13.3 Å². The minimum Gasteiger partial charge on any atom is -0.363 e. The van der Waals surface area contributed by atoms with Crippen molar-refractivity contribution in [2.75, 3.05) is 35.7 Å². The number of benzene rings is 1. The summed E-state index contributed by atoms with van der Waals surface area (Å²) in [7, 11) is -3.26. The highest BCUT2D eigenvalue weighted by atomic mass is 79.9. The average Bonchev–Trinajstić information content (AvgIpc) is 2.47. The van der Waals surface area contributed by atoms with Crippen LogP contribution in [-0.4, -0.2) is 48.5 Å². The van der Waals surface area contributed by atoms with Gasteiger partial charge in [-0.1, -0.05) is 28.1 Å². The second-order valence-corrected chi connectivity index (χ2v) is 7.62. The summed E-state index contributed by atoms with van der Waals surface area (Å²) < 4.78 is 24.7. The average molecular weight is 364 g/mol. The lowest BCUT2D eigenvalue weighted by Crippen LogP contribution is -2.49. The van der Waals surface area contributed by atoms with Crippen molar-refractivity contribution in [2.24, 2.45) is 0 Å². The van der Waals surface area contributed by atoms with Crippen molar-refractivity contribution >= 4 is 37.3 Å². The van der Waals surface area contributed by atoms with Crippen molar-refractivity contribution in [3.05, 3.63) is 34.4 Å². The number of alkyl halides is 1. The number of hydrogen-bond donors (Lipinski definition) is 0. The van der Waals surface area contributed by atoms with Gasteiger partial charge < -0.3 is 4.90 Å². The van der Waals surface area contributed by atoms with E-state index in [0.29, 0.717) is 31.9 Å². The molecule has 0 radical (unpaired) electrons. The number of halogens is 1. The number of nitrogens with zero attached hydrogens (tertiary/aromatic N) is 3. The van der Waals surface area contributed by atoms with Gasteiger partial charge in [0.2, 0.25) is 10.0 Å². The van der Waals surface area contributed by atoms with Crippen LogP contribution < -0.4 is 4.90 Å². The fraction of sp³-hybridized carbons (Fsp3) is 0.455. The Hall–Kier alpha value is -1.19. The van der Waals surface area contributed by atoms with Gasteiger partial charge in [-0.05, 0) is 6.07 Å². The molecule has 0 bridgehead atoms. The minimum absolute atomic E-state index is 0.0456. The number of nitro benzene ring substituents is 1. The van der Waals surface area contributed by atoms with Crippen LogP contribution in [0.3, 0.4) is 0 Å². The Morgan fingerprint density at radius 2 is 1.80 bits per heavy atom. The molecule has 0 saturated carbocycles. The Labute approximate surface area is 125 Å². The monoisotopic (exact) mass is 363 g/mol. The van der Waals surface area contributed by atoms with Crippen LogP contribution in [-0.2, 0) is 10.0 Å². The molecule has 1 aromatic carbocycles. The van der Waals surface area contributed by atoms with Gasteiger partial charge >= 0.3 is 0 Å². The Morgan fingerprint density at radius 3 is 2.35 bits per heavy atom. The third-order valence-electron chi connectivity index (χ3n) is 3.19. The summed E-state index contributed by atoms with van der Waals surface area (Å²) >= 11 is 2.96. The Kier molecular flexibility index (Phi) is 4.61. The number of piperazine rings is 1. The van der Waals surface area contributed by atoms with Crippen LogP contribution in [0, 0.1) is 10.1 Å². The van der Waals surface area contributed by atoms with Gasteiger partial charge in [-0.15, -0.1) is 0 Å². The Morgan fingerprint density at radius 1 is 1.20 bits per heavy atom. The van der Waals surface area contributed by atoms with Crippen LogP contribution >= 0.6 is 15.9 Å². The number of anilines is 1. The van der Waals surface area contributed by atoms with Gasteiger partial charge in [-0.25, -0.2) is 8.42 Å². The molecule has 110 valence electrons. The molecule has 20 heavy (non-hydrogen) atoms. The molecule has 0 N–H and O–H groups in total. The van der Waals surface area contributed by atoms with E-state index < -0.39 is 14.9 Å². The molecule has 1 fully saturated rings. The number of rotatable bonds is 4. The molecule has 0 aromatic heterocycles. The van der Waals surface area contributed by atoms with Gasteiger partial charge in [0, 0.05) is 32.2 Å². The first-order valence-corrected chi connectivity index (χ1v) is 8.71. The fourth-order valence-electron chi connectivity index (χ4n) is 2.16. The van der Waals surface area contributed by atoms with Crippen molar-refractivity contribution in [3.63, 3.8) is 0 Å². The lowest BCUT2D eigenvalue weighted by Gasteiger charge is -2.34. The normalized spacial score (nSPS) is 17.1. The van der Waals surface area contributed by atoms with E-state index in [0.717, 1.165) is 0 Å². The molecule has 1 aliphatic rings. The van der Waals surface area contributed by atoms with E-state index in [2.05, 4.69) is 15.9 Å². The number of para-hydroxylation sites is 2. The highest BCUT2D eigenvalue weighted by Crippen LogP contribution is 2.28. The molecule has 0 aliphatic carbocycles. The summed E-state index contributed by atoms with van der Waals surface area (Å²) in [5.74, 6) is 0. The van der Waals surface area contributed by atoms with Crippen molar-refractivity contribution in [2.45, 2.75) is 0 Å². The van der Waals surface area contributed by atoms with Crippen molar-refractivity contribution in [1.29, 1.82) is 0 Å². The van der Waals surface area contributed by atoms with E-state index in [1.807, 2.05) is 4.90 Å². The van der Waals surface area contributed by atoms with Crippen LogP contribution in [0.2, 0.25) is 0 Å². The maximum atomic E-state index is 11.7. The first-order valence-electron chi connectivity index (χ1n) is 5.98. The summed E-state index contributed by atoms with van der Waals surface area (Å²) in [6.45, 7) is 1.55. The van der Waals surface area contributed by atoms with Crippen molar-refractivity contribution in [3.8, 4) is 0 Å². The van der Waals surface area contributed by atoms with Crippen LogP contribution in [0.15, 0.2) is 24.3 Å². The summed E-state index contributed by atoms with van der Waals surface area (Å²) in [6.07, 6.45) is 0. The van der Waals surface area contributed by atoms with Gasteiger partial charge in [0.1, 0.15) is 10.3 Å². The molecular formula is C11H14BrN3O4S. The Bertz CT molecular complexity index is 599. The summed E-state index contributed by atoms with van der Waals surface area (Å²) in [5.41, 5.74) is 0.581. The molecule has 0 unspecified atom stereocenters. The predicted molar refractivity (Wildman–Crippen MR) is 79.6 cm³/mol. The zero-order valence-corrected chi connectivity index (χ0v) is 13.0. The van der Waals surface area contributed by atoms with Gasteiger partial charge in [0.05, 0.1) is 4.92 Å². The third kappa shape index (κ3) is 3.10. The maximum absolute atomic E-state index is 11.7. The van der Waals surface area contributed by atoms with Crippen LogP contribution in [0.1, 0.15) is 0 Å². The third-order valence-corrected chi connectivity index (χ3v) is 6.35. The van der Waals surface area contributed by atoms with E-state index in [4.69, 9.17) is 0 Å². The summed E-state index contributed by atoms with van der Waals surface area (Å²) in [6, 6.07) is 6.50. The van der Waals surface area contributed by atoms with Crippen LogP contribution in [0.5, 0.6) is 0 Å². The first kappa shape index (κ1) is 15.2. The quantitative estimate of drug-likeness (QED) is 0.458. The number of nitro groups is 1. The van der Waals surface area contributed by atoms with Crippen LogP contribution in [0.4, 0.5) is 11.4 Å². The topological polar surface area (TPSA) is 83.8 Å². The highest BCUT2D eigenvalue weighted by molar-refractivity contribution is 9.10. The van der Waals surface area contributed by atoms with Crippen molar-refractivity contribution in [1.82, 2.24) is 4.31 Å². The lowest BCUT2D eigenvalue weighted by atomic mass is 10.2. The van der Waals surface area contributed by atoms with Gasteiger partial charge in [-0.3, -0.25) is 10.1 Å². The lowest BCUT2D eigenvalue weighted by molar-refractivity contribution is -0.384.